The third-order valence-electron chi connectivity index (χ3n) is 5.01. The number of benzene rings is 3. The van der Waals surface area contributed by atoms with Crippen molar-refractivity contribution in [1.29, 1.82) is 0 Å². The highest BCUT2D eigenvalue weighted by Crippen LogP contribution is 2.41. The van der Waals surface area contributed by atoms with E-state index in [0.29, 0.717) is 24.3 Å². The first kappa shape index (κ1) is 19.0. The molecule has 1 N–H and O–H groups in total. The number of alkyl carbamates (subject to hydrolysis) is 1. The highest BCUT2D eigenvalue weighted by Gasteiger charge is 2.29. The van der Waals surface area contributed by atoms with Gasteiger partial charge in [0.05, 0.1) is 5.56 Å². The summed E-state index contributed by atoms with van der Waals surface area (Å²) in [7, 11) is 0. The molecule has 4 rings (SSSR count). The number of hydrogen-bond donors (Lipinski definition) is 1. The Labute approximate surface area is 169 Å². The molecule has 0 saturated carbocycles. The molecule has 0 fully saturated rings. The molecule has 4 nitrogen and oxygen atoms in total. The molecule has 0 bridgehead atoms. The van der Waals surface area contributed by atoms with Gasteiger partial charge in [0, 0.05) is 13.0 Å². The van der Waals surface area contributed by atoms with Gasteiger partial charge in [-0.15, -0.1) is 0 Å². The lowest BCUT2D eigenvalue weighted by molar-refractivity contribution is 0.0923. The lowest BCUT2D eigenvalue weighted by Gasteiger charge is -2.15. The maximum atomic E-state index is 14.6. The van der Waals surface area contributed by atoms with Gasteiger partial charge in [0.1, 0.15) is 24.3 Å². The topological polar surface area (TPSA) is 47.6 Å². The van der Waals surface area contributed by atoms with E-state index in [-0.39, 0.29) is 18.5 Å². The van der Waals surface area contributed by atoms with Crippen LogP contribution in [-0.2, 0) is 17.7 Å². The van der Waals surface area contributed by atoms with E-state index < -0.39 is 6.09 Å². The summed E-state index contributed by atoms with van der Waals surface area (Å²) in [5, 5.41) is 2.72. The molecule has 5 heteroatoms. The van der Waals surface area contributed by atoms with E-state index >= 15 is 0 Å². The van der Waals surface area contributed by atoms with E-state index in [1.807, 2.05) is 61.5 Å². The molecule has 1 unspecified atom stereocenters. The van der Waals surface area contributed by atoms with Crippen molar-refractivity contribution in [2.45, 2.75) is 26.0 Å². The van der Waals surface area contributed by atoms with Gasteiger partial charge in [0.2, 0.25) is 0 Å². The van der Waals surface area contributed by atoms with Crippen LogP contribution in [-0.4, -0.2) is 18.8 Å². The number of hydrogen-bond acceptors (Lipinski definition) is 3. The second-order valence-corrected chi connectivity index (χ2v) is 7.11. The number of nitrogens with one attached hydrogen (secondary N) is 1. The third kappa shape index (κ3) is 4.24. The summed E-state index contributed by atoms with van der Waals surface area (Å²) < 4.78 is 25.9. The molecule has 29 heavy (non-hydrogen) atoms. The second kappa shape index (κ2) is 8.35. The SMILES string of the molecule is Cc1ccccc1-c1c(F)ccc2c1OC(COC(=O)NCc1ccccc1)C2. The van der Waals surface area contributed by atoms with Gasteiger partial charge in [-0.3, -0.25) is 0 Å². The van der Waals surface area contributed by atoms with E-state index in [9.17, 15) is 9.18 Å². The number of rotatable bonds is 5. The first-order chi connectivity index (χ1) is 14.1. The first-order valence-electron chi connectivity index (χ1n) is 9.60. The fraction of sp³-hybridized carbons (Fsp3) is 0.208. The Balaban J connectivity index is 1.40. The Morgan fingerprint density at radius 3 is 2.66 bits per heavy atom. The average molecular weight is 391 g/mol. The van der Waals surface area contributed by atoms with Crippen molar-refractivity contribution in [3.05, 3.63) is 89.2 Å². The van der Waals surface area contributed by atoms with Crippen molar-refractivity contribution in [2.75, 3.05) is 6.61 Å². The van der Waals surface area contributed by atoms with Gasteiger partial charge in [-0.2, -0.15) is 0 Å². The number of amides is 1. The van der Waals surface area contributed by atoms with Crippen molar-refractivity contribution in [1.82, 2.24) is 5.32 Å². The molecule has 0 aliphatic carbocycles. The minimum atomic E-state index is -0.501. The number of halogens is 1. The summed E-state index contributed by atoms with van der Waals surface area (Å²) >= 11 is 0. The Kier molecular flexibility index (Phi) is 5.47. The normalized spacial score (nSPS) is 14.8. The number of aryl methyl sites for hydroxylation is 1. The zero-order valence-electron chi connectivity index (χ0n) is 16.2. The van der Waals surface area contributed by atoms with Gasteiger partial charge >= 0.3 is 6.09 Å². The van der Waals surface area contributed by atoms with Crippen LogP contribution < -0.4 is 10.1 Å². The molecule has 0 aromatic heterocycles. The monoisotopic (exact) mass is 391 g/mol. The number of ether oxygens (including phenoxy) is 2. The molecule has 1 aliphatic heterocycles. The van der Waals surface area contributed by atoms with Crippen molar-refractivity contribution < 1.29 is 18.7 Å². The Bertz CT molecular complexity index is 1020. The second-order valence-electron chi connectivity index (χ2n) is 7.11. The molecular formula is C24H22FNO3. The van der Waals surface area contributed by atoms with Gasteiger partial charge in [0.15, 0.2) is 0 Å². The van der Waals surface area contributed by atoms with Crippen LogP contribution in [0.1, 0.15) is 16.7 Å². The van der Waals surface area contributed by atoms with Gasteiger partial charge in [0.25, 0.3) is 0 Å². The quantitative estimate of drug-likeness (QED) is 0.664. The molecule has 0 spiro atoms. The van der Waals surface area contributed by atoms with Crippen LogP contribution in [0.4, 0.5) is 9.18 Å². The summed E-state index contributed by atoms with van der Waals surface area (Å²) in [5.41, 5.74) is 4.17. The summed E-state index contributed by atoms with van der Waals surface area (Å²) in [6.07, 6.45) is -0.267. The van der Waals surface area contributed by atoms with Crippen LogP contribution in [0.5, 0.6) is 5.75 Å². The minimum Gasteiger partial charge on any atom is -0.485 e. The summed E-state index contributed by atoms with van der Waals surface area (Å²) in [6.45, 7) is 2.44. The van der Waals surface area contributed by atoms with Gasteiger partial charge in [-0.25, -0.2) is 9.18 Å². The Hall–Kier alpha value is -3.34. The van der Waals surface area contributed by atoms with Gasteiger partial charge in [-0.1, -0.05) is 60.7 Å². The molecule has 0 saturated heterocycles. The zero-order chi connectivity index (χ0) is 20.2. The number of carbonyl (C=O) groups is 1. The summed E-state index contributed by atoms with van der Waals surface area (Å²) in [4.78, 5) is 12.0. The van der Waals surface area contributed by atoms with Crippen molar-refractivity contribution in [3.63, 3.8) is 0 Å². The molecule has 1 atom stereocenters. The zero-order valence-corrected chi connectivity index (χ0v) is 16.2. The Morgan fingerprint density at radius 2 is 1.86 bits per heavy atom. The van der Waals surface area contributed by atoms with Crippen LogP contribution >= 0.6 is 0 Å². The summed E-state index contributed by atoms with van der Waals surface area (Å²) in [5.74, 6) is 0.220. The highest BCUT2D eigenvalue weighted by atomic mass is 19.1. The minimum absolute atomic E-state index is 0.101. The van der Waals surface area contributed by atoms with Gasteiger partial charge in [-0.05, 0) is 35.2 Å². The number of carbonyl (C=O) groups excluding carboxylic acids is 1. The maximum absolute atomic E-state index is 14.6. The first-order valence-corrected chi connectivity index (χ1v) is 9.60. The summed E-state index contributed by atoms with van der Waals surface area (Å²) in [6, 6.07) is 20.5. The van der Waals surface area contributed by atoms with E-state index in [1.165, 1.54) is 6.07 Å². The molecule has 1 heterocycles. The van der Waals surface area contributed by atoms with E-state index in [4.69, 9.17) is 9.47 Å². The highest BCUT2D eigenvalue weighted by molar-refractivity contribution is 5.76. The van der Waals surface area contributed by atoms with E-state index in [1.54, 1.807) is 6.07 Å². The van der Waals surface area contributed by atoms with Crippen LogP contribution in [0, 0.1) is 12.7 Å². The molecular weight excluding hydrogens is 369 g/mol. The standard InChI is InChI=1S/C24H22FNO3/c1-16-7-5-6-10-20(16)22-21(25)12-11-18-13-19(29-23(18)22)15-28-24(27)26-14-17-8-3-2-4-9-17/h2-12,19H,13-15H2,1H3,(H,26,27). The average Bonchev–Trinajstić information content (AvgIpc) is 3.15. The largest absolute Gasteiger partial charge is 0.485 e. The van der Waals surface area contributed by atoms with Gasteiger partial charge < -0.3 is 14.8 Å². The molecule has 3 aromatic rings. The van der Waals surface area contributed by atoms with Crippen molar-refractivity contribution in [2.24, 2.45) is 0 Å². The molecule has 3 aromatic carbocycles. The predicted octanol–water partition coefficient (Wildman–Crippen LogP) is 5.03. The van der Waals surface area contributed by atoms with Crippen LogP contribution in [0.15, 0.2) is 66.7 Å². The van der Waals surface area contributed by atoms with E-state index in [2.05, 4.69) is 5.32 Å². The molecule has 1 amide bonds. The molecule has 148 valence electrons. The fourth-order valence-electron chi connectivity index (χ4n) is 3.54. The Morgan fingerprint density at radius 1 is 1.10 bits per heavy atom. The van der Waals surface area contributed by atoms with Crippen LogP contribution in [0.2, 0.25) is 0 Å². The lowest BCUT2D eigenvalue weighted by Crippen LogP contribution is -2.29. The number of fused-ring (bicyclic) bond motifs is 1. The van der Waals surface area contributed by atoms with Crippen molar-refractivity contribution >= 4 is 6.09 Å². The third-order valence-corrected chi connectivity index (χ3v) is 5.01. The molecule has 0 radical (unpaired) electrons. The smallest absolute Gasteiger partial charge is 0.407 e. The fourth-order valence-corrected chi connectivity index (χ4v) is 3.54. The van der Waals surface area contributed by atoms with E-state index in [0.717, 1.165) is 22.3 Å². The van der Waals surface area contributed by atoms with Crippen molar-refractivity contribution in [3.8, 4) is 16.9 Å². The maximum Gasteiger partial charge on any atom is 0.407 e. The lowest BCUT2D eigenvalue weighted by atomic mass is 9.96. The predicted molar refractivity (Wildman–Crippen MR) is 109 cm³/mol. The molecule has 1 aliphatic rings. The van der Waals surface area contributed by atoms with Crippen LogP contribution in [0.25, 0.3) is 11.1 Å². The van der Waals surface area contributed by atoms with Crippen LogP contribution in [0.3, 0.4) is 0 Å².